The summed E-state index contributed by atoms with van der Waals surface area (Å²) >= 11 is 3.15. The molecule has 0 fully saturated rings. The van der Waals surface area contributed by atoms with E-state index >= 15 is 0 Å². The first kappa shape index (κ1) is 12.9. The number of hydrogen-bond acceptors (Lipinski definition) is 2. The van der Waals surface area contributed by atoms with Gasteiger partial charge in [-0.2, -0.15) is 0 Å². The second kappa shape index (κ2) is 5.27. The quantitative estimate of drug-likeness (QED) is 0.872. The van der Waals surface area contributed by atoms with Crippen molar-refractivity contribution >= 4 is 21.9 Å². The van der Waals surface area contributed by atoms with Crippen molar-refractivity contribution in [3.05, 3.63) is 47.0 Å². The fraction of sp³-hybridized carbons (Fsp3) is 0.250. The predicted octanol–water partition coefficient (Wildman–Crippen LogP) is 2.31. The van der Waals surface area contributed by atoms with E-state index in [9.17, 15) is 4.79 Å². The minimum absolute atomic E-state index is 0.206. The molecule has 1 rings (SSSR count). The molecule has 0 heterocycles. The molecule has 0 aliphatic carbocycles. The van der Waals surface area contributed by atoms with Crippen LogP contribution in [0.2, 0.25) is 0 Å². The zero-order chi connectivity index (χ0) is 12.2. The third-order valence-electron chi connectivity index (χ3n) is 2.30. The molecule has 4 heteroatoms. The van der Waals surface area contributed by atoms with Gasteiger partial charge >= 0.3 is 5.97 Å². The molecule has 0 spiro atoms. The van der Waals surface area contributed by atoms with E-state index in [1.165, 1.54) is 0 Å². The van der Waals surface area contributed by atoms with Gasteiger partial charge in [0.25, 0.3) is 0 Å². The van der Waals surface area contributed by atoms with Crippen LogP contribution in [0.15, 0.2) is 41.4 Å². The van der Waals surface area contributed by atoms with Gasteiger partial charge < -0.3 is 10.8 Å². The fourth-order valence-electron chi connectivity index (χ4n) is 1.52. The Hall–Kier alpha value is -1.13. The molecule has 0 saturated heterocycles. The third kappa shape index (κ3) is 3.47. The van der Waals surface area contributed by atoms with Crippen LogP contribution in [0.1, 0.15) is 12.0 Å². The van der Waals surface area contributed by atoms with Gasteiger partial charge in [0.15, 0.2) is 0 Å². The number of nitrogens with two attached hydrogens (primary N) is 1. The highest BCUT2D eigenvalue weighted by molar-refractivity contribution is 9.11. The monoisotopic (exact) mass is 283 g/mol. The lowest BCUT2D eigenvalue weighted by Crippen LogP contribution is -2.49. The van der Waals surface area contributed by atoms with E-state index in [1.54, 1.807) is 0 Å². The molecule has 0 aliphatic heterocycles. The van der Waals surface area contributed by atoms with Crippen molar-refractivity contribution in [1.29, 1.82) is 0 Å². The molecule has 1 aromatic carbocycles. The maximum atomic E-state index is 11.2. The molecule has 3 nitrogen and oxygen atoms in total. The van der Waals surface area contributed by atoms with Crippen LogP contribution in [0.4, 0.5) is 0 Å². The molecular formula is C12H14BrNO2. The molecule has 1 aromatic rings. The Kier molecular flexibility index (Phi) is 4.26. The van der Waals surface area contributed by atoms with Gasteiger partial charge in [0, 0.05) is 12.8 Å². The maximum Gasteiger partial charge on any atom is 0.324 e. The van der Waals surface area contributed by atoms with Gasteiger partial charge in [-0.25, -0.2) is 0 Å². The van der Waals surface area contributed by atoms with E-state index in [-0.39, 0.29) is 12.8 Å². The predicted molar refractivity (Wildman–Crippen MR) is 67.4 cm³/mol. The summed E-state index contributed by atoms with van der Waals surface area (Å²) in [6.45, 7) is 3.64. The van der Waals surface area contributed by atoms with Crippen molar-refractivity contribution in [2.45, 2.75) is 18.4 Å². The fourth-order valence-corrected chi connectivity index (χ4v) is 2.02. The first-order valence-electron chi connectivity index (χ1n) is 4.83. The van der Waals surface area contributed by atoms with Crippen molar-refractivity contribution in [2.24, 2.45) is 5.73 Å². The minimum atomic E-state index is -1.30. The Labute approximate surface area is 103 Å². The lowest BCUT2D eigenvalue weighted by Gasteiger charge is -2.24. The number of aliphatic carboxylic acids is 1. The van der Waals surface area contributed by atoms with Gasteiger partial charge in [0.05, 0.1) is 0 Å². The highest BCUT2D eigenvalue weighted by Gasteiger charge is 2.34. The Bertz CT molecular complexity index is 391. The molecule has 0 amide bonds. The van der Waals surface area contributed by atoms with Crippen molar-refractivity contribution < 1.29 is 9.90 Å². The van der Waals surface area contributed by atoms with Gasteiger partial charge in [-0.3, -0.25) is 4.79 Å². The summed E-state index contributed by atoms with van der Waals surface area (Å²) in [7, 11) is 0. The van der Waals surface area contributed by atoms with Crippen molar-refractivity contribution in [2.75, 3.05) is 0 Å². The van der Waals surface area contributed by atoms with Crippen LogP contribution in [-0.4, -0.2) is 16.6 Å². The number of carboxylic acid groups (broad SMARTS) is 1. The zero-order valence-electron chi connectivity index (χ0n) is 8.82. The van der Waals surface area contributed by atoms with E-state index < -0.39 is 11.5 Å². The molecular weight excluding hydrogens is 270 g/mol. The average molecular weight is 284 g/mol. The van der Waals surface area contributed by atoms with Crippen LogP contribution in [-0.2, 0) is 11.2 Å². The van der Waals surface area contributed by atoms with E-state index in [1.807, 2.05) is 30.3 Å². The normalized spacial score (nSPS) is 14.1. The van der Waals surface area contributed by atoms with E-state index in [0.29, 0.717) is 4.48 Å². The lowest BCUT2D eigenvalue weighted by atomic mass is 9.89. The van der Waals surface area contributed by atoms with Gasteiger partial charge in [-0.15, -0.1) is 0 Å². The van der Waals surface area contributed by atoms with E-state index in [0.717, 1.165) is 5.56 Å². The standard InChI is InChI=1S/C12H14BrNO2/c1-9(13)7-12(14,11(15)16)8-10-5-3-2-4-6-10/h2-6H,1,7-8,14H2,(H,15,16)/t12-/m0/s1. The largest absolute Gasteiger partial charge is 0.480 e. The number of halogens is 1. The Morgan fingerprint density at radius 3 is 2.44 bits per heavy atom. The topological polar surface area (TPSA) is 63.3 Å². The molecule has 0 radical (unpaired) electrons. The number of carboxylic acids is 1. The first-order valence-corrected chi connectivity index (χ1v) is 5.63. The Morgan fingerprint density at radius 2 is 2.00 bits per heavy atom. The Balaban J connectivity index is 2.87. The van der Waals surface area contributed by atoms with Crippen LogP contribution in [0.25, 0.3) is 0 Å². The van der Waals surface area contributed by atoms with Crippen LogP contribution in [0.5, 0.6) is 0 Å². The molecule has 0 aliphatic rings. The van der Waals surface area contributed by atoms with Crippen LogP contribution in [0, 0.1) is 0 Å². The van der Waals surface area contributed by atoms with E-state index in [4.69, 9.17) is 10.8 Å². The molecule has 16 heavy (non-hydrogen) atoms. The summed E-state index contributed by atoms with van der Waals surface area (Å²) in [5.41, 5.74) is 5.48. The number of rotatable bonds is 5. The molecule has 0 aromatic heterocycles. The third-order valence-corrected chi connectivity index (χ3v) is 2.58. The number of benzene rings is 1. The number of carbonyl (C=O) groups is 1. The van der Waals surface area contributed by atoms with Crippen LogP contribution in [0.3, 0.4) is 0 Å². The second-order valence-electron chi connectivity index (χ2n) is 3.82. The summed E-state index contributed by atoms with van der Waals surface area (Å²) in [4.78, 5) is 11.2. The van der Waals surface area contributed by atoms with Crippen molar-refractivity contribution in [3.63, 3.8) is 0 Å². The highest BCUT2D eigenvalue weighted by atomic mass is 79.9. The van der Waals surface area contributed by atoms with Gasteiger partial charge in [0.2, 0.25) is 0 Å². The average Bonchev–Trinajstić information content (AvgIpc) is 2.17. The van der Waals surface area contributed by atoms with Crippen LogP contribution < -0.4 is 5.73 Å². The lowest BCUT2D eigenvalue weighted by molar-refractivity contribution is -0.143. The van der Waals surface area contributed by atoms with Crippen molar-refractivity contribution in [3.8, 4) is 0 Å². The summed E-state index contributed by atoms with van der Waals surface area (Å²) < 4.78 is 0.591. The summed E-state index contributed by atoms with van der Waals surface area (Å²) in [6, 6.07) is 9.33. The Morgan fingerprint density at radius 1 is 1.44 bits per heavy atom. The van der Waals surface area contributed by atoms with Gasteiger partial charge in [-0.05, 0) is 10.0 Å². The smallest absolute Gasteiger partial charge is 0.324 e. The molecule has 0 saturated carbocycles. The molecule has 1 atom stereocenters. The van der Waals surface area contributed by atoms with Gasteiger partial charge in [0.1, 0.15) is 5.54 Å². The molecule has 0 unspecified atom stereocenters. The summed E-state index contributed by atoms with van der Waals surface area (Å²) in [5.74, 6) is -1.02. The van der Waals surface area contributed by atoms with Crippen molar-refractivity contribution in [1.82, 2.24) is 0 Å². The molecule has 86 valence electrons. The second-order valence-corrected chi connectivity index (χ2v) is 4.94. The minimum Gasteiger partial charge on any atom is -0.480 e. The highest BCUT2D eigenvalue weighted by Crippen LogP contribution is 2.22. The molecule has 0 bridgehead atoms. The zero-order valence-corrected chi connectivity index (χ0v) is 10.4. The van der Waals surface area contributed by atoms with E-state index in [2.05, 4.69) is 22.5 Å². The summed E-state index contributed by atoms with van der Waals surface area (Å²) in [6.07, 6.45) is 0.491. The SMILES string of the molecule is C=C(Br)C[C@](N)(Cc1ccccc1)C(=O)O. The van der Waals surface area contributed by atoms with Gasteiger partial charge in [-0.1, -0.05) is 52.8 Å². The van der Waals surface area contributed by atoms with Crippen LogP contribution >= 0.6 is 15.9 Å². The molecule has 3 N–H and O–H groups in total. The first-order chi connectivity index (χ1) is 7.44. The maximum absolute atomic E-state index is 11.2. The number of hydrogen-bond donors (Lipinski definition) is 2. The summed E-state index contributed by atoms with van der Waals surface area (Å²) in [5, 5.41) is 9.16.